The second kappa shape index (κ2) is 6.34. The molecular formula is C17H21FN2OS. The van der Waals surface area contributed by atoms with Crippen molar-refractivity contribution in [2.45, 2.75) is 32.7 Å². The Morgan fingerprint density at radius 3 is 3.00 bits per heavy atom. The second-order valence-electron chi connectivity index (χ2n) is 5.84. The van der Waals surface area contributed by atoms with E-state index in [1.807, 2.05) is 11.8 Å². The van der Waals surface area contributed by atoms with Crippen molar-refractivity contribution in [1.82, 2.24) is 10.2 Å². The molecular weight excluding hydrogens is 299 g/mol. The Kier molecular flexibility index (Phi) is 4.45. The molecule has 3 nitrogen and oxygen atoms in total. The Morgan fingerprint density at radius 2 is 2.32 bits per heavy atom. The second-order valence-corrected chi connectivity index (χ2v) is 6.89. The van der Waals surface area contributed by atoms with E-state index in [1.54, 1.807) is 6.07 Å². The topological polar surface area (TPSA) is 32.3 Å². The van der Waals surface area contributed by atoms with E-state index in [9.17, 15) is 9.18 Å². The van der Waals surface area contributed by atoms with Crippen LogP contribution in [0.15, 0.2) is 18.2 Å². The molecule has 0 spiro atoms. The van der Waals surface area contributed by atoms with E-state index in [0.29, 0.717) is 0 Å². The van der Waals surface area contributed by atoms with Gasteiger partial charge in [-0.15, -0.1) is 11.3 Å². The summed E-state index contributed by atoms with van der Waals surface area (Å²) in [6.45, 7) is 6.62. The van der Waals surface area contributed by atoms with E-state index in [2.05, 4.69) is 12.2 Å². The number of aryl methyl sites for hydroxylation is 1. The molecule has 1 unspecified atom stereocenters. The van der Waals surface area contributed by atoms with Gasteiger partial charge in [0.1, 0.15) is 5.82 Å². The van der Waals surface area contributed by atoms with Gasteiger partial charge in [-0.05, 0) is 55.5 Å². The van der Waals surface area contributed by atoms with Gasteiger partial charge in [0.05, 0.1) is 4.88 Å². The van der Waals surface area contributed by atoms with Crippen molar-refractivity contribution in [2.75, 3.05) is 19.6 Å². The number of hydrogen-bond acceptors (Lipinski definition) is 3. The van der Waals surface area contributed by atoms with E-state index < -0.39 is 0 Å². The number of thiophene rings is 1. The molecule has 118 valence electrons. The van der Waals surface area contributed by atoms with Crippen LogP contribution in [0.2, 0.25) is 0 Å². The van der Waals surface area contributed by atoms with Gasteiger partial charge in [0.15, 0.2) is 0 Å². The van der Waals surface area contributed by atoms with E-state index in [-0.39, 0.29) is 17.8 Å². The molecule has 1 saturated heterocycles. The highest BCUT2D eigenvalue weighted by atomic mass is 32.1. The number of rotatable bonds is 4. The summed E-state index contributed by atoms with van der Waals surface area (Å²) in [7, 11) is 0. The van der Waals surface area contributed by atoms with E-state index in [1.165, 1.54) is 23.5 Å². The number of carbonyl (C=O) groups is 1. The first-order chi connectivity index (χ1) is 10.6. The van der Waals surface area contributed by atoms with Crippen LogP contribution in [-0.2, 0) is 0 Å². The minimum atomic E-state index is -0.252. The zero-order chi connectivity index (χ0) is 15.7. The Morgan fingerprint density at radius 1 is 1.50 bits per heavy atom. The Labute approximate surface area is 134 Å². The van der Waals surface area contributed by atoms with Gasteiger partial charge in [-0.1, -0.05) is 6.92 Å². The number of benzene rings is 1. The van der Waals surface area contributed by atoms with Gasteiger partial charge < -0.3 is 10.2 Å². The third kappa shape index (κ3) is 2.75. The van der Waals surface area contributed by atoms with Crippen LogP contribution in [0.3, 0.4) is 0 Å². The lowest BCUT2D eigenvalue weighted by molar-refractivity contribution is 0.0696. The lowest BCUT2D eigenvalue weighted by atomic mass is 10.1. The molecule has 2 heterocycles. The maximum Gasteiger partial charge on any atom is 0.264 e. The normalized spacial score (nSPS) is 18.0. The van der Waals surface area contributed by atoms with Crippen LogP contribution >= 0.6 is 11.3 Å². The summed E-state index contributed by atoms with van der Waals surface area (Å²) in [6, 6.07) is 5.02. The van der Waals surface area contributed by atoms with Crippen molar-refractivity contribution in [1.29, 1.82) is 0 Å². The molecule has 22 heavy (non-hydrogen) atoms. The summed E-state index contributed by atoms with van der Waals surface area (Å²) >= 11 is 1.48. The molecule has 0 radical (unpaired) electrons. The van der Waals surface area contributed by atoms with Gasteiger partial charge >= 0.3 is 0 Å². The van der Waals surface area contributed by atoms with Gasteiger partial charge in [-0.3, -0.25) is 4.79 Å². The van der Waals surface area contributed by atoms with Crippen LogP contribution in [0.4, 0.5) is 4.39 Å². The minimum Gasteiger partial charge on any atom is -0.334 e. The molecule has 0 aliphatic carbocycles. The Hall–Kier alpha value is -1.46. The fourth-order valence-electron chi connectivity index (χ4n) is 3.12. The third-order valence-corrected chi connectivity index (χ3v) is 5.55. The van der Waals surface area contributed by atoms with Gasteiger partial charge in [-0.2, -0.15) is 0 Å². The molecule has 0 saturated carbocycles. The molecule has 3 rings (SSSR count). The zero-order valence-corrected chi connectivity index (χ0v) is 13.8. The summed E-state index contributed by atoms with van der Waals surface area (Å²) in [5, 5.41) is 4.18. The lowest BCUT2D eigenvalue weighted by Crippen LogP contribution is -2.42. The van der Waals surface area contributed by atoms with Gasteiger partial charge in [0.2, 0.25) is 0 Å². The summed E-state index contributed by atoms with van der Waals surface area (Å²) < 4.78 is 14.4. The molecule has 1 aromatic carbocycles. The molecule has 1 atom stereocenters. The fourth-order valence-corrected chi connectivity index (χ4v) is 4.27. The SMILES string of the molecule is CCCN(C(=O)c1sc2ccc(F)cc2c1C)C1CCNC1. The number of hydrogen-bond donors (Lipinski definition) is 1. The first-order valence-electron chi connectivity index (χ1n) is 7.82. The quantitative estimate of drug-likeness (QED) is 0.934. The molecule has 0 bridgehead atoms. The van der Waals surface area contributed by atoms with Crippen LogP contribution in [0.25, 0.3) is 10.1 Å². The van der Waals surface area contributed by atoms with Gasteiger partial charge in [-0.25, -0.2) is 4.39 Å². The maximum atomic E-state index is 13.5. The minimum absolute atomic E-state index is 0.0923. The molecule has 5 heteroatoms. The predicted molar refractivity (Wildman–Crippen MR) is 89.1 cm³/mol. The van der Waals surface area contributed by atoms with Crippen molar-refractivity contribution in [2.24, 2.45) is 0 Å². The third-order valence-electron chi connectivity index (χ3n) is 4.29. The largest absolute Gasteiger partial charge is 0.334 e. The Balaban J connectivity index is 1.97. The number of amides is 1. The van der Waals surface area contributed by atoms with Crippen molar-refractivity contribution in [3.05, 3.63) is 34.5 Å². The molecule has 1 aromatic heterocycles. The summed E-state index contributed by atoms with van der Waals surface area (Å²) in [5.41, 5.74) is 0.900. The molecule has 1 N–H and O–H groups in total. The fraction of sp³-hybridized carbons (Fsp3) is 0.471. The lowest BCUT2D eigenvalue weighted by Gasteiger charge is -2.28. The smallest absolute Gasteiger partial charge is 0.264 e. The van der Waals surface area contributed by atoms with Crippen molar-refractivity contribution >= 4 is 27.3 Å². The summed E-state index contributed by atoms with van der Waals surface area (Å²) in [5.74, 6) is -0.160. The summed E-state index contributed by atoms with van der Waals surface area (Å²) in [6.07, 6.45) is 1.95. The van der Waals surface area contributed by atoms with Crippen molar-refractivity contribution in [3.8, 4) is 0 Å². The highest BCUT2D eigenvalue weighted by Gasteiger charge is 2.28. The average molecular weight is 320 g/mol. The first kappa shape index (κ1) is 15.4. The van der Waals surface area contributed by atoms with Crippen LogP contribution < -0.4 is 5.32 Å². The highest BCUT2D eigenvalue weighted by Crippen LogP contribution is 2.32. The predicted octanol–water partition coefficient (Wildman–Crippen LogP) is 3.56. The molecule has 1 aliphatic heterocycles. The first-order valence-corrected chi connectivity index (χ1v) is 8.63. The van der Waals surface area contributed by atoms with Crippen LogP contribution in [-0.4, -0.2) is 36.5 Å². The zero-order valence-electron chi connectivity index (χ0n) is 13.0. The van der Waals surface area contributed by atoms with Crippen LogP contribution in [0, 0.1) is 12.7 Å². The van der Waals surface area contributed by atoms with Crippen LogP contribution in [0.5, 0.6) is 0 Å². The number of nitrogens with zero attached hydrogens (tertiary/aromatic N) is 1. The molecule has 1 aliphatic rings. The molecule has 1 fully saturated rings. The number of halogens is 1. The maximum absolute atomic E-state index is 13.5. The molecule has 1 amide bonds. The molecule has 2 aromatic rings. The van der Waals surface area contributed by atoms with Gasteiger partial charge in [0, 0.05) is 23.8 Å². The number of fused-ring (bicyclic) bond motifs is 1. The van der Waals surface area contributed by atoms with E-state index >= 15 is 0 Å². The number of nitrogens with one attached hydrogen (secondary N) is 1. The Bertz CT molecular complexity index is 691. The monoisotopic (exact) mass is 320 g/mol. The van der Waals surface area contributed by atoms with Crippen molar-refractivity contribution < 1.29 is 9.18 Å². The number of carbonyl (C=O) groups excluding carboxylic acids is 1. The average Bonchev–Trinajstić information content (AvgIpc) is 3.13. The van der Waals surface area contributed by atoms with E-state index in [0.717, 1.165) is 53.0 Å². The van der Waals surface area contributed by atoms with Gasteiger partial charge in [0.25, 0.3) is 5.91 Å². The summed E-state index contributed by atoms with van der Waals surface area (Å²) in [4.78, 5) is 15.8. The highest BCUT2D eigenvalue weighted by molar-refractivity contribution is 7.21. The van der Waals surface area contributed by atoms with Crippen LogP contribution in [0.1, 0.15) is 35.0 Å². The van der Waals surface area contributed by atoms with Crippen molar-refractivity contribution in [3.63, 3.8) is 0 Å². The van der Waals surface area contributed by atoms with E-state index in [4.69, 9.17) is 0 Å². The standard InChI is InChI=1S/C17H21FN2OS/c1-3-8-20(13-6-7-19-10-13)17(21)16-11(2)14-9-12(18)4-5-15(14)22-16/h4-5,9,13,19H,3,6-8,10H2,1-2H3.